The summed E-state index contributed by atoms with van der Waals surface area (Å²) >= 11 is 11.9. The van der Waals surface area contributed by atoms with Gasteiger partial charge in [-0.25, -0.2) is 0 Å². The van der Waals surface area contributed by atoms with Crippen molar-refractivity contribution in [3.8, 4) is 5.75 Å². The highest BCUT2D eigenvalue weighted by Crippen LogP contribution is 2.29. The maximum absolute atomic E-state index is 6.14. The minimum absolute atomic E-state index is 0.163. The van der Waals surface area contributed by atoms with Gasteiger partial charge < -0.3 is 10.5 Å². The van der Waals surface area contributed by atoms with Crippen molar-refractivity contribution in [2.75, 3.05) is 26.2 Å². The second kappa shape index (κ2) is 6.52. The topological polar surface area (TPSA) is 38.5 Å². The highest BCUT2D eigenvalue weighted by molar-refractivity contribution is 6.35. The first-order valence-corrected chi connectivity index (χ1v) is 7.70. The number of ether oxygens (including phenoxy) is 1. The molecule has 0 aliphatic carbocycles. The van der Waals surface area contributed by atoms with Gasteiger partial charge in [0.05, 0.1) is 5.02 Å². The van der Waals surface area contributed by atoms with Gasteiger partial charge in [0.25, 0.3) is 0 Å². The van der Waals surface area contributed by atoms with Gasteiger partial charge in [-0.1, -0.05) is 37.0 Å². The molecule has 0 saturated carbocycles. The van der Waals surface area contributed by atoms with E-state index in [0.29, 0.717) is 22.4 Å². The molecule has 112 valence electrons. The summed E-state index contributed by atoms with van der Waals surface area (Å²) < 4.78 is 5.73. The molecular weight excluding hydrogens is 295 g/mol. The van der Waals surface area contributed by atoms with Gasteiger partial charge in [0.15, 0.2) is 0 Å². The molecule has 3 nitrogen and oxygen atoms in total. The summed E-state index contributed by atoms with van der Waals surface area (Å²) in [5.74, 6) is 0.684. The Balaban J connectivity index is 1.81. The summed E-state index contributed by atoms with van der Waals surface area (Å²) in [5.41, 5.74) is 6.30. The molecule has 0 spiro atoms. The number of rotatable bonds is 4. The van der Waals surface area contributed by atoms with Gasteiger partial charge in [0, 0.05) is 24.2 Å². The number of hydrogen-bond donors (Lipinski definition) is 1. The number of piperidine rings is 1. The smallest absolute Gasteiger partial charge is 0.138 e. The zero-order valence-corrected chi connectivity index (χ0v) is 13.5. The first kappa shape index (κ1) is 15.9. The van der Waals surface area contributed by atoms with E-state index in [1.54, 1.807) is 18.2 Å². The van der Waals surface area contributed by atoms with Crippen LogP contribution in [0.3, 0.4) is 0 Å². The summed E-state index contributed by atoms with van der Waals surface area (Å²) in [6.45, 7) is 7.98. The third-order valence-corrected chi connectivity index (χ3v) is 4.48. The van der Waals surface area contributed by atoms with Crippen LogP contribution in [0.5, 0.6) is 5.75 Å². The SMILES string of the molecule is CC1(C)CN(CCOc2ccc(Cl)cc2Cl)CCC1N. The molecule has 1 atom stereocenters. The van der Waals surface area contributed by atoms with Crippen LogP contribution in [0.15, 0.2) is 18.2 Å². The molecule has 1 heterocycles. The molecule has 0 aromatic heterocycles. The van der Waals surface area contributed by atoms with Crippen LogP contribution in [0, 0.1) is 5.41 Å². The fraction of sp³-hybridized carbons (Fsp3) is 0.600. The van der Waals surface area contributed by atoms with Crippen LogP contribution in [-0.2, 0) is 0 Å². The van der Waals surface area contributed by atoms with Crippen molar-refractivity contribution in [1.82, 2.24) is 4.90 Å². The van der Waals surface area contributed by atoms with Crippen molar-refractivity contribution >= 4 is 23.2 Å². The Morgan fingerprint density at radius 1 is 1.40 bits per heavy atom. The van der Waals surface area contributed by atoms with Crippen LogP contribution in [0.25, 0.3) is 0 Å². The first-order chi connectivity index (χ1) is 9.38. The van der Waals surface area contributed by atoms with Crippen molar-refractivity contribution in [3.63, 3.8) is 0 Å². The van der Waals surface area contributed by atoms with E-state index in [9.17, 15) is 0 Å². The van der Waals surface area contributed by atoms with Gasteiger partial charge in [-0.3, -0.25) is 4.90 Å². The number of nitrogens with two attached hydrogens (primary N) is 1. The Morgan fingerprint density at radius 2 is 2.15 bits per heavy atom. The highest BCUT2D eigenvalue weighted by Gasteiger charge is 2.33. The summed E-state index contributed by atoms with van der Waals surface area (Å²) in [4.78, 5) is 2.40. The van der Waals surface area contributed by atoms with Gasteiger partial charge >= 0.3 is 0 Å². The maximum atomic E-state index is 6.14. The second-order valence-corrected chi connectivity index (χ2v) is 6.93. The van der Waals surface area contributed by atoms with E-state index in [-0.39, 0.29) is 11.5 Å². The molecule has 1 unspecified atom stereocenters. The monoisotopic (exact) mass is 316 g/mol. The highest BCUT2D eigenvalue weighted by atomic mass is 35.5. The standard InChI is InChI=1S/C15H22Cl2N2O/c1-15(2)10-19(6-5-14(15)18)7-8-20-13-4-3-11(16)9-12(13)17/h3-4,9,14H,5-8,10,18H2,1-2H3. The number of nitrogens with zero attached hydrogens (tertiary/aromatic N) is 1. The van der Waals surface area contributed by atoms with E-state index in [4.69, 9.17) is 33.7 Å². The fourth-order valence-electron chi connectivity index (χ4n) is 2.55. The minimum atomic E-state index is 0.163. The molecule has 0 radical (unpaired) electrons. The van der Waals surface area contributed by atoms with Gasteiger partial charge in [-0.15, -0.1) is 0 Å². The molecule has 5 heteroatoms. The maximum Gasteiger partial charge on any atom is 0.138 e. The van der Waals surface area contributed by atoms with Crippen LogP contribution in [-0.4, -0.2) is 37.2 Å². The zero-order chi connectivity index (χ0) is 14.8. The molecule has 2 rings (SSSR count). The molecule has 1 aliphatic heterocycles. The molecule has 20 heavy (non-hydrogen) atoms. The number of likely N-dealkylation sites (tertiary alicyclic amines) is 1. The van der Waals surface area contributed by atoms with Gasteiger partial charge in [-0.05, 0) is 36.6 Å². The average Bonchev–Trinajstić information content (AvgIpc) is 2.36. The Bertz CT molecular complexity index is 465. The normalized spacial score (nSPS) is 22.8. The van der Waals surface area contributed by atoms with Crippen LogP contribution >= 0.6 is 23.2 Å². The van der Waals surface area contributed by atoms with Crippen molar-refractivity contribution in [2.45, 2.75) is 26.3 Å². The fourth-order valence-corrected chi connectivity index (χ4v) is 3.02. The Morgan fingerprint density at radius 3 is 2.80 bits per heavy atom. The molecule has 1 saturated heterocycles. The van der Waals surface area contributed by atoms with Crippen molar-refractivity contribution in [1.29, 1.82) is 0 Å². The van der Waals surface area contributed by atoms with E-state index in [0.717, 1.165) is 26.1 Å². The average molecular weight is 317 g/mol. The van der Waals surface area contributed by atoms with Gasteiger partial charge in [0.2, 0.25) is 0 Å². The molecule has 1 aromatic carbocycles. The lowest BCUT2D eigenvalue weighted by Gasteiger charge is -2.42. The lowest BCUT2D eigenvalue weighted by atomic mass is 9.80. The van der Waals surface area contributed by atoms with Crippen LogP contribution in [0.2, 0.25) is 10.0 Å². The van der Waals surface area contributed by atoms with E-state index >= 15 is 0 Å². The first-order valence-electron chi connectivity index (χ1n) is 6.94. The molecule has 1 aliphatic rings. The third-order valence-electron chi connectivity index (χ3n) is 3.95. The van der Waals surface area contributed by atoms with Crippen LogP contribution in [0.1, 0.15) is 20.3 Å². The van der Waals surface area contributed by atoms with Crippen molar-refractivity contribution < 1.29 is 4.74 Å². The van der Waals surface area contributed by atoms with Crippen molar-refractivity contribution in [3.05, 3.63) is 28.2 Å². The zero-order valence-electron chi connectivity index (χ0n) is 12.0. The van der Waals surface area contributed by atoms with E-state index in [1.807, 2.05) is 0 Å². The largest absolute Gasteiger partial charge is 0.491 e. The van der Waals surface area contributed by atoms with E-state index in [2.05, 4.69) is 18.7 Å². The van der Waals surface area contributed by atoms with E-state index < -0.39 is 0 Å². The summed E-state index contributed by atoms with van der Waals surface area (Å²) in [6, 6.07) is 5.57. The number of hydrogen-bond acceptors (Lipinski definition) is 3. The predicted octanol–water partition coefficient (Wildman–Crippen LogP) is 3.43. The quantitative estimate of drug-likeness (QED) is 0.924. The number of halogens is 2. The van der Waals surface area contributed by atoms with Crippen LogP contribution in [0.4, 0.5) is 0 Å². The van der Waals surface area contributed by atoms with E-state index in [1.165, 1.54) is 0 Å². The number of benzene rings is 1. The summed E-state index contributed by atoms with van der Waals surface area (Å²) in [5, 5.41) is 1.17. The molecule has 1 fully saturated rings. The second-order valence-electron chi connectivity index (χ2n) is 6.08. The lowest BCUT2D eigenvalue weighted by molar-refractivity contribution is 0.0831. The molecular formula is C15H22Cl2N2O. The minimum Gasteiger partial charge on any atom is -0.491 e. The Hall–Kier alpha value is -0.480. The predicted molar refractivity (Wildman–Crippen MR) is 84.8 cm³/mol. The summed E-state index contributed by atoms with van der Waals surface area (Å²) in [6.07, 6.45) is 1.04. The molecule has 0 amide bonds. The Kier molecular flexibility index (Phi) is 5.19. The van der Waals surface area contributed by atoms with Crippen molar-refractivity contribution in [2.24, 2.45) is 11.1 Å². The Labute approximate surface area is 131 Å². The van der Waals surface area contributed by atoms with Gasteiger partial charge in [-0.2, -0.15) is 0 Å². The molecule has 0 bridgehead atoms. The third kappa shape index (κ3) is 4.01. The van der Waals surface area contributed by atoms with Crippen LogP contribution < -0.4 is 10.5 Å². The summed E-state index contributed by atoms with van der Waals surface area (Å²) in [7, 11) is 0. The molecule has 2 N–H and O–H groups in total. The lowest BCUT2D eigenvalue weighted by Crippen LogP contribution is -2.53. The van der Waals surface area contributed by atoms with Gasteiger partial charge in [0.1, 0.15) is 12.4 Å². The molecule has 1 aromatic rings.